The van der Waals surface area contributed by atoms with Crippen LogP contribution in [0.25, 0.3) is 0 Å². The van der Waals surface area contributed by atoms with Crippen LogP contribution in [0, 0.1) is 0 Å². The first-order valence-electron chi connectivity index (χ1n) is 5.36. The predicted octanol–water partition coefficient (Wildman–Crippen LogP) is 2.09. The maximum absolute atomic E-state index is 12.5. The van der Waals surface area contributed by atoms with Crippen molar-refractivity contribution in [1.82, 2.24) is 0 Å². The zero-order chi connectivity index (χ0) is 12.1. The van der Waals surface area contributed by atoms with E-state index in [0.29, 0.717) is 0 Å². The van der Waals surface area contributed by atoms with Gasteiger partial charge in [-0.15, -0.1) is 0 Å². The first kappa shape index (κ1) is 12.6. The second-order valence-electron chi connectivity index (χ2n) is 3.62. The van der Waals surface area contributed by atoms with Gasteiger partial charge in [-0.25, -0.2) is 0 Å². The van der Waals surface area contributed by atoms with Gasteiger partial charge in [0.05, 0.1) is 0 Å². The molecule has 0 aliphatic carbocycles. The normalized spacial score (nSPS) is 12.3. The van der Waals surface area contributed by atoms with Gasteiger partial charge in [-0.3, -0.25) is 0 Å². The molecule has 1 nitrogen and oxygen atoms in total. The topological polar surface area (TPSA) is 17.1 Å². The van der Waals surface area contributed by atoms with E-state index in [1.54, 1.807) is 11.8 Å². The molecule has 0 N–H and O–H groups in total. The van der Waals surface area contributed by atoms with E-state index >= 15 is 0 Å². The average molecular weight is 309 g/mol. The summed E-state index contributed by atoms with van der Waals surface area (Å²) in [6.45, 7) is 0. The molecule has 2 aromatic rings. The van der Waals surface area contributed by atoms with Crippen LogP contribution in [-0.4, -0.2) is 20.1 Å². The van der Waals surface area contributed by atoms with E-state index < -0.39 is 13.8 Å². The van der Waals surface area contributed by atoms with Gasteiger partial charge >= 0.3 is 111 Å². The Bertz CT molecular complexity index is 511. The van der Waals surface area contributed by atoms with Crippen molar-refractivity contribution in [2.24, 2.45) is 0 Å². The molecule has 88 valence electrons. The van der Waals surface area contributed by atoms with E-state index in [0.717, 1.165) is 14.7 Å². The van der Waals surface area contributed by atoms with Gasteiger partial charge in [0.25, 0.3) is 0 Å². The van der Waals surface area contributed by atoms with Crippen molar-refractivity contribution in [1.29, 1.82) is 0 Å². The SMILES string of the molecule is CSCc1ccccc1[Se](=O)c1ccccc1. The molecular formula is C14H14OSSe. The molecule has 0 aromatic heterocycles. The molecule has 1 unspecified atom stereocenters. The Morgan fingerprint density at radius 2 is 1.65 bits per heavy atom. The Morgan fingerprint density at radius 3 is 2.35 bits per heavy atom. The Hall–Kier alpha value is -0.891. The first-order chi connectivity index (χ1) is 8.33. The molecule has 0 radical (unpaired) electrons. The van der Waals surface area contributed by atoms with Gasteiger partial charge in [-0.2, -0.15) is 0 Å². The van der Waals surface area contributed by atoms with Gasteiger partial charge in [0.15, 0.2) is 0 Å². The van der Waals surface area contributed by atoms with Crippen molar-refractivity contribution in [3.05, 3.63) is 60.2 Å². The molecular weight excluding hydrogens is 295 g/mol. The molecule has 0 heterocycles. The summed E-state index contributed by atoms with van der Waals surface area (Å²) in [5.74, 6) is 0.922. The summed E-state index contributed by atoms with van der Waals surface area (Å²) < 4.78 is 14.5. The molecule has 0 aliphatic rings. The van der Waals surface area contributed by atoms with E-state index in [1.165, 1.54) is 5.56 Å². The number of rotatable bonds is 4. The minimum absolute atomic E-state index is 0.922. The number of benzene rings is 2. The molecule has 3 heteroatoms. The van der Waals surface area contributed by atoms with Gasteiger partial charge in [0.1, 0.15) is 0 Å². The molecule has 17 heavy (non-hydrogen) atoms. The maximum atomic E-state index is 12.5. The standard InChI is InChI=1S/C14H14OSSe/c1-16-11-12-7-5-6-10-14(12)17(15)13-8-3-2-4-9-13/h2-10H,11H2,1H3. The van der Waals surface area contributed by atoms with Crippen LogP contribution in [0.4, 0.5) is 0 Å². The third kappa shape index (κ3) is 3.06. The van der Waals surface area contributed by atoms with E-state index in [9.17, 15) is 3.83 Å². The van der Waals surface area contributed by atoms with Crippen LogP contribution in [0.5, 0.6) is 0 Å². The minimum atomic E-state index is -2.11. The van der Waals surface area contributed by atoms with Crippen LogP contribution in [-0.2, 0) is 9.59 Å². The monoisotopic (exact) mass is 310 g/mol. The van der Waals surface area contributed by atoms with Crippen LogP contribution < -0.4 is 8.92 Å². The summed E-state index contributed by atoms with van der Waals surface area (Å²) in [4.78, 5) is 0. The average Bonchev–Trinajstić information content (AvgIpc) is 2.40. The predicted molar refractivity (Wildman–Crippen MR) is 75.8 cm³/mol. The van der Waals surface area contributed by atoms with Crippen molar-refractivity contribution in [3.8, 4) is 0 Å². The Balaban J connectivity index is 2.37. The van der Waals surface area contributed by atoms with Crippen molar-refractivity contribution in [2.45, 2.75) is 5.75 Å². The van der Waals surface area contributed by atoms with Gasteiger partial charge in [-0.1, -0.05) is 0 Å². The van der Waals surface area contributed by atoms with E-state index in [2.05, 4.69) is 12.3 Å². The van der Waals surface area contributed by atoms with Crippen LogP contribution in [0.2, 0.25) is 0 Å². The number of thioether (sulfide) groups is 1. The van der Waals surface area contributed by atoms with Crippen molar-refractivity contribution in [2.75, 3.05) is 6.26 Å². The summed E-state index contributed by atoms with van der Waals surface area (Å²) in [7, 11) is 0. The molecule has 0 aliphatic heterocycles. The number of hydrogen-bond donors (Lipinski definition) is 0. The molecule has 0 saturated carbocycles. The molecule has 2 aromatic carbocycles. The van der Waals surface area contributed by atoms with Crippen LogP contribution in [0.1, 0.15) is 5.56 Å². The van der Waals surface area contributed by atoms with Crippen molar-refractivity contribution >= 4 is 34.5 Å². The fourth-order valence-corrected chi connectivity index (χ4v) is 5.00. The van der Waals surface area contributed by atoms with Gasteiger partial charge < -0.3 is 0 Å². The van der Waals surface area contributed by atoms with Crippen LogP contribution >= 0.6 is 11.8 Å². The quantitative estimate of drug-likeness (QED) is 0.805. The fraction of sp³-hybridized carbons (Fsp3) is 0.143. The molecule has 1 atom stereocenters. The molecule has 2 rings (SSSR count). The van der Waals surface area contributed by atoms with E-state index in [-0.39, 0.29) is 0 Å². The summed E-state index contributed by atoms with van der Waals surface area (Å²) in [6.07, 6.45) is 2.07. The van der Waals surface area contributed by atoms with Gasteiger partial charge in [-0.05, 0) is 0 Å². The third-order valence-corrected chi connectivity index (χ3v) is 6.17. The van der Waals surface area contributed by atoms with Crippen LogP contribution in [0.15, 0.2) is 54.6 Å². The van der Waals surface area contributed by atoms with Gasteiger partial charge in [0.2, 0.25) is 0 Å². The zero-order valence-corrected chi connectivity index (χ0v) is 12.2. The summed E-state index contributed by atoms with van der Waals surface area (Å²) in [5.41, 5.74) is 1.20. The van der Waals surface area contributed by atoms with Gasteiger partial charge in [0, 0.05) is 0 Å². The second-order valence-corrected chi connectivity index (χ2v) is 7.53. The summed E-state index contributed by atoms with van der Waals surface area (Å²) in [6, 6.07) is 17.8. The van der Waals surface area contributed by atoms with Crippen LogP contribution in [0.3, 0.4) is 0 Å². The molecule has 0 spiro atoms. The molecule has 0 fully saturated rings. The summed E-state index contributed by atoms with van der Waals surface area (Å²) >= 11 is -0.343. The second kappa shape index (κ2) is 6.15. The fourth-order valence-electron chi connectivity index (χ4n) is 1.63. The van der Waals surface area contributed by atoms with E-state index in [1.807, 2.05) is 48.5 Å². The first-order valence-corrected chi connectivity index (χ1v) is 9.17. The van der Waals surface area contributed by atoms with Crippen molar-refractivity contribution < 1.29 is 3.83 Å². The van der Waals surface area contributed by atoms with Crippen molar-refractivity contribution in [3.63, 3.8) is 0 Å². The molecule has 0 amide bonds. The zero-order valence-electron chi connectivity index (χ0n) is 9.63. The Kier molecular flexibility index (Phi) is 4.55. The number of hydrogen-bond acceptors (Lipinski definition) is 2. The Morgan fingerprint density at radius 1 is 1.00 bits per heavy atom. The molecule has 0 bridgehead atoms. The van der Waals surface area contributed by atoms with E-state index in [4.69, 9.17) is 0 Å². The third-order valence-electron chi connectivity index (χ3n) is 2.43. The summed E-state index contributed by atoms with van der Waals surface area (Å²) in [5, 5.41) is 0. The Labute approximate surface area is 110 Å². The molecule has 0 saturated heterocycles.